The first-order valence-electron chi connectivity index (χ1n) is 7.43. The minimum absolute atomic E-state index is 0.120. The van der Waals surface area contributed by atoms with E-state index in [1.807, 2.05) is 0 Å². The molecule has 1 N–H and O–H groups in total. The molecule has 2 aromatic rings. The van der Waals surface area contributed by atoms with Gasteiger partial charge in [0.1, 0.15) is 11.5 Å². The average molecular weight is 341 g/mol. The molecule has 0 aromatic heterocycles. The summed E-state index contributed by atoms with van der Waals surface area (Å²) < 4.78 is 5.49. The van der Waals surface area contributed by atoms with Gasteiger partial charge in [-0.3, -0.25) is 4.79 Å². The SMILES string of the molecule is CC(C)C(=O)Nc1ccc(Oc2ccc(C(=O)[O-])c(C(=O)[O-])c2)cc1. The Morgan fingerprint density at radius 1 is 0.880 bits per heavy atom. The molecule has 2 rings (SSSR count). The molecule has 0 saturated carbocycles. The summed E-state index contributed by atoms with van der Waals surface area (Å²) in [6.07, 6.45) is 0. The number of rotatable bonds is 6. The molecule has 0 unspecified atom stereocenters. The van der Waals surface area contributed by atoms with Crippen LogP contribution in [0.5, 0.6) is 11.5 Å². The number of anilines is 1. The molecule has 0 heterocycles. The van der Waals surface area contributed by atoms with E-state index in [2.05, 4.69) is 5.32 Å². The van der Waals surface area contributed by atoms with Gasteiger partial charge in [0.25, 0.3) is 0 Å². The summed E-state index contributed by atoms with van der Waals surface area (Å²) in [5.41, 5.74) is -0.425. The van der Waals surface area contributed by atoms with E-state index in [0.717, 1.165) is 12.1 Å². The van der Waals surface area contributed by atoms with Crippen molar-refractivity contribution in [2.45, 2.75) is 13.8 Å². The number of carbonyl (C=O) groups excluding carboxylic acids is 3. The van der Waals surface area contributed by atoms with Gasteiger partial charge in [-0.05, 0) is 42.5 Å². The minimum Gasteiger partial charge on any atom is -0.545 e. The fourth-order valence-electron chi connectivity index (χ4n) is 1.96. The monoisotopic (exact) mass is 341 g/mol. The number of ether oxygens (including phenoxy) is 1. The number of benzene rings is 2. The quantitative estimate of drug-likeness (QED) is 0.830. The molecule has 130 valence electrons. The molecular weight excluding hydrogens is 326 g/mol. The molecule has 0 fully saturated rings. The summed E-state index contributed by atoms with van der Waals surface area (Å²) in [6, 6.07) is 9.87. The van der Waals surface area contributed by atoms with E-state index < -0.39 is 23.1 Å². The highest BCUT2D eigenvalue weighted by molar-refractivity contribution is 6.00. The van der Waals surface area contributed by atoms with E-state index in [4.69, 9.17) is 4.74 Å². The maximum Gasteiger partial charge on any atom is 0.226 e. The molecule has 0 atom stereocenters. The lowest BCUT2D eigenvalue weighted by molar-refractivity contribution is -0.259. The number of amides is 1. The van der Waals surface area contributed by atoms with E-state index in [1.165, 1.54) is 6.07 Å². The standard InChI is InChI=1S/C18H17NO6/c1-10(2)16(20)19-11-3-5-12(6-4-11)25-13-7-8-14(17(21)22)15(9-13)18(23)24/h3-10H,1-2H3,(H,19,20)(H,21,22)(H,23,24)/p-2. The Kier molecular flexibility index (Phi) is 5.38. The fraction of sp³-hybridized carbons (Fsp3) is 0.167. The van der Waals surface area contributed by atoms with Crippen LogP contribution in [0.2, 0.25) is 0 Å². The molecular formula is C18H15NO6-2. The summed E-state index contributed by atoms with van der Waals surface area (Å²) in [6.45, 7) is 3.55. The third-order valence-electron chi connectivity index (χ3n) is 3.31. The van der Waals surface area contributed by atoms with Crippen LogP contribution in [0.25, 0.3) is 0 Å². The van der Waals surface area contributed by atoms with E-state index in [9.17, 15) is 24.6 Å². The van der Waals surface area contributed by atoms with Gasteiger partial charge in [0, 0.05) is 22.7 Å². The highest BCUT2D eigenvalue weighted by atomic mass is 16.5. The third kappa shape index (κ3) is 4.57. The van der Waals surface area contributed by atoms with Crippen LogP contribution in [-0.4, -0.2) is 17.8 Å². The van der Waals surface area contributed by atoms with Crippen LogP contribution in [-0.2, 0) is 4.79 Å². The van der Waals surface area contributed by atoms with Crippen LogP contribution in [0.4, 0.5) is 5.69 Å². The van der Waals surface area contributed by atoms with Gasteiger partial charge in [-0.2, -0.15) is 0 Å². The highest BCUT2D eigenvalue weighted by Crippen LogP contribution is 2.25. The minimum atomic E-state index is -1.64. The number of hydrogen-bond donors (Lipinski definition) is 1. The number of carboxylic acid groups (broad SMARTS) is 2. The predicted molar refractivity (Wildman–Crippen MR) is 85.1 cm³/mol. The zero-order valence-electron chi connectivity index (χ0n) is 13.6. The maximum atomic E-state index is 11.6. The number of aromatic carboxylic acids is 2. The van der Waals surface area contributed by atoms with Gasteiger partial charge in [0.05, 0.1) is 11.9 Å². The Labute approximate surface area is 143 Å². The van der Waals surface area contributed by atoms with Gasteiger partial charge in [-0.15, -0.1) is 0 Å². The zero-order chi connectivity index (χ0) is 18.6. The van der Waals surface area contributed by atoms with Gasteiger partial charge in [0.2, 0.25) is 5.91 Å². The summed E-state index contributed by atoms with van der Waals surface area (Å²) in [4.78, 5) is 33.5. The van der Waals surface area contributed by atoms with Crippen molar-refractivity contribution < 1.29 is 29.3 Å². The second-order valence-corrected chi connectivity index (χ2v) is 5.55. The number of carbonyl (C=O) groups is 3. The van der Waals surface area contributed by atoms with Gasteiger partial charge in [-0.1, -0.05) is 13.8 Å². The van der Waals surface area contributed by atoms with Gasteiger partial charge in [0.15, 0.2) is 0 Å². The molecule has 0 aliphatic carbocycles. The van der Waals surface area contributed by atoms with Crippen molar-refractivity contribution in [1.82, 2.24) is 0 Å². The Hall–Kier alpha value is -3.35. The van der Waals surface area contributed by atoms with Crippen LogP contribution < -0.4 is 20.3 Å². The van der Waals surface area contributed by atoms with E-state index in [0.29, 0.717) is 11.4 Å². The molecule has 7 heteroatoms. The van der Waals surface area contributed by atoms with Crippen molar-refractivity contribution in [1.29, 1.82) is 0 Å². The summed E-state index contributed by atoms with van der Waals surface area (Å²) in [5.74, 6) is -3.02. The molecule has 0 saturated heterocycles. The molecule has 0 bridgehead atoms. The van der Waals surface area contributed by atoms with Crippen molar-refractivity contribution >= 4 is 23.5 Å². The molecule has 0 aliphatic heterocycles. The van der Waals surface area contributed by atoms with E-state index in [-0.39, 0.29) is 17.6 Å². The van der Waals surface area contributed by atoms with Crippen LogP contribution in [0, 0.1) is 5.92 Å². The van der Waals surface area contributed by atoms with Crippen LogP contribution in [0.3, 0.4) is 0 Å². The predicted octanol–water partition coefficient (Wildman–Crippen LogP) is 0.800. The number of nitrogens with one attached hydrogen (secondary N) is 1. The summed E-state index contributed by atoms with van der Waals surface area (Å²) in [5, 5.41) is 24.7. The Balaban J connectivity index is 2.17. The molecule has 25 heavy (non-hydrogen) atoms. The third-order valence-corrected chi connectivity index (χ3v) is 3.31. The van der Waals surface area contributed by atoms with Crippen LogP contribution >= 0.6 is 0 Å². The molecule has 1 amide bonds. The van der Waals surface area contributed by atoms with Crippen LogP contribution in [0.15, 0.2) is 42.5 Å². The molecule has 2 aromatic carbocycles. The Morgan fingerprint density at radius 3 is 1.96 bits per heavy atom. The summed E-state index contributed by atoms with van der Waals surface area (Å²) >= 11 is 0. The van der Waals surface area contributed by atoms with Crippen molar-refractivity contribution in [3.63, 3.8) is 0 Å². The van der Waals surface area contributed by atoms with Crippen LogP contribution in [0.1, 0.15) is 34.6 Å². The maximum absolute atomic E-state index is 11.6. The summed E-state index contributed by atoms with van der Waals surface area (Å²) in [7, 11) is 0. The fourth-order valence-corrected chi connectivity index (χ4v) is 1.96. The normalized spacial score (nSPS) is 10.4. The smallest absolute Gasteiger partial charge is 0.226 e. The van der Waals surface area contributed by atoms with Gasteiger partial charge >= 0.3 is 0 Å². The topological polar surface area (TPSA) is 119 Å². The number of carboxylic acids is 2. The largest absolute Gasteiger partial charge is 0.545 e. The van der Waals surface area contributed by atoms with E-state index >= 15 is 0 Å². The first kappa shape index (κ1) is 18.0. The Bertz CT molecular complexity index is 811. The first-order chi connectivity index (χ1) is 11.8. The Morgan fingerprint density at radius 2 is 1.44 bits per heavy atom. The lowest BCUT2D eigenvalue weighted by Crippen LogP contribution is -2.30. The van der Waals surface area contributed by atoms with E-state index in [1.54, 1.807) is 38.1 Å². The van der Waals surface area contributed by atoms with Crippen molar-refractivity contribution in [2.24, 2.45) is 5.92 Å². The molecule has 7 nitrogen and oxygen atoms in total. The average Bonchev–Trinajstić information content (AvgIpc) is 2.56. The lowest BCUT2D eigenvalue weighted by atomic mass is 10.1. The lowest BCUT2D eigenvalue weighted by Gasteiger charge is -2.14. The second-order valence-electron chi connectivity index (χ2n) is 5.55. The molecule has 0 spiro atoms. The van der Waals surface area contributed by atoms with Crippen molar-refractivity contribution in [3.8, 4) is 11.5 Å². The second kappa shape index (κ2) is 7.48. The van der Waals surface area contributed by atoms with Crippen molar-refractivity contribution in [2.75, 3.05) is 5.32 Å². The highest BCUT2D eigenvalue weighted by Gasteiger charge is 2.09. The zero-order valence-corrected chi connectivity index (χ0v) is 13.6. The first-order valence-corrected chi connectivity index (χ1v) is 7.43. The van der Waals surface area contributed by atoms with Gasteiger partial charge in [-0.25, -0.2) is 0 Å². The van der Waals surface area contributed by atoms with Gasteiger partial charge < -0.3 is 29.9 Å². The van der Waals surface area contributed by atoms with Crippen molar-refractivity contribution in [3.05, 3.63) is 53.6 Å². The number of hydrogen-bond acceptors (Lipinski definition) is 6. The molecule has 0 radical (unpaired) electrons. The molecule has 0 aliphatic rings.